The summed E-state index contributed by atoms with van der Waals surface area (Å²) in [6, 6.07) is 4.31. The number of fused-ring (bicyclic) bond motifs is 1. The number of benzene rings is 1. The van der Waals surface area contributed by atoms with Gasteiger partial charge in [-0.25, -0.2) is 0 Å². The van der Waals surface area contributed by atoms with E-state index in [1.165, 1.54) is 16.5 Å². The van der Waals surface area contributed by atoms with Gasteiger partial charge >= 0.3 is 0 Å². The highest BCUT2D eigenvalue weighted by atomic mass is 79.9. The van der Waals surface area contributed by atoms with E-state index in [0.717, 1.165) is 28.9 Å². The quantitative estimate of drug-likeness (QED) is 0.882. The minimum Gasteiger partial charge on any atom is -0.459 e. The van der Waals surface area contributed by atoms with Crippen molar-refractivity contribution in [2.75, 3.05) is 6.54 Å². The number of hydrogen-bond acceptors (Lipinski definition) is 2. The van der Waals surface area contributed by atoms with Gasteiger partial charge in [0.15, 0.2) is 0 Å². The lowest BCUT2D eigenvalue weighted by atomic mass is 10.00. The molecule has 0 bridgehead atoms. The second kappa shape index (κ2) is 5.45. The van der Waals surface area contributed by atoms with Crippen LogP contribution in [0.5, 0.6) is 0 Å². The van der Waals surface area contributed by atoms with Crippen molar-refractivity contribution in [1.82, 2.24) is 5.32 Å². The van der Waals surface area contributed by atoms with Crippen molar-refractivity contribution in [1.29, 1.82) is 0 Å². The third kappa shape index (κ3) is 2.47. The van der Waals surface area contributed by atoms with E-state index in [4.69, 9.17) is 4.42 Å². The molecule has 0 amide bonds. The van der Waals surface area contributed by atoms with E-state index in [-0.39, 0.29) is 0 Å². The van der Waals surface area contributed by atoms with Crippen LogP contribution in [-0.2, 0) is 6.54 Å². The lowest BCUT2D eigenvalue weighted by molar-refractivity contribution is 0.512. The molecule has 0 spiro atoms. The molecule has 2 nitrogen and oxygen atoms in total. The van der Waals surface area contributed by atoms with Gasteiger partial charge in [0.1, 0.15) is 11.3 Å². The second-order valence-electron chi connectivity index (χ2n) is 4.96. The summed E-state index contributed by atoms with van der Waals surface area (Å²) in [5, 5.41) is 4.55. The summed E-state index contributed by atoms with van der Waals surface area (Å²) < 4.78 is 7.19. The highest BCUT2D eigenvalue weighted by molar-refractivity contribution is 9.10. The maximum Gasteiger partial charge on any atom is 0.138 e. The second-order valence-corrected chi connectivity index (χ2v) is 5.87. The van der Waals surface area contributed by atoms with Gasteiger partial charge < -0.3 is 9.73 Å². The standard InChI is InChI=1S/C15H20BrNO/c1-5-17-8-14-10(4)13-7-11(16)6-12(9(2)3)15(13)18-14/h6-7,9,17H,5,8H2,1-4H3. The van der Waals surface area contributed by atoms with Crippen molar-refractivity contribution in [3.05, 3.63) is 33.5 Å². The van der Waals surface area contributed by atoms with E-state index < -0.39 is 0 Å². The summed E-state index contributed by atoms with van der Waals surface area (Å²) in [6.45, 7) is 10.4. The molecule has 18 heavy (non-hydrogen) atoms. The lowest BCUT2D eigenvalue weighted by Crippen LogP contribution is -2.11. The van der Waals surface area contributed by atoms with Crippen LogP contribution < -0.4 is 5.32 Å². The number of aryl methyl sites for hydroxylation is 1. The highest BCUT2D eigenvalue weighted by Crippen LogP contribution is 2.34. The summed E-state index contributed by atoms with van der Waals surface area (Å²) in [6.07, 6.45) is 0. The number of nitrogens with one attached hydrogen (secondary N) is 1. The molecule has 1 aromatic carbocycles. The zero-order valence-electron chi connectivity index (χ0n) is 11.4. The Kier molecular flexibility index (Phi) is 4.13. The Bertz CT molecular complexity index is 557. The number of halogens is 1. The monoisotopic (exact) mass is 309 g/mol. The molecule has 0 aliphatic carbocycles. The fraction of sp³-hybridized carbons (Fsp3) is 0.467. The largest absolute Gasteiger partial charge is 0.459 e. The lowest BCUT2D eigenvalue weighted by Gasteiger charge is -2.06. The average Bonchev–Trinajstić information content (AvgIpc) is 2.63. The van der Waals surface area contributed by atoms with Crippen LogP contribution in [0.15, 0.2) is 21.0 Å². The Hall–Kier alpha value is -0.800. The van der Waals surface area contributed by atoms with Crippen molar-refractivity contribution in [3.63, 3.8) is 0 Å². The maximum atomic E-state index is 6.06. The molecule has 0 atom stereocenters. The van der Waals surface area contributed by atoms with E-state index >= 15 is 0 Å². The number of hydrogen-bond donors (Lipinski definition) is 1. The first-order valence-electron chi connectivity index (χ1n) is 6.46. The Balaban J connectivity index is 2.59. The van der Waals surface area contributed by atoms with E-state index in [9.17, 15) is 0 Å². The predicted octanol–water partition coefficient (Wildman–Crippen LogP) is 4.74. The molecule has 1 N–H and O–H groups in total. The van der Waals surface area contributed by atoms with Crippen molar-refractivity contribution in [3.8, 4) is 0 Å². The van der Waals surface area contributed by atoms with E-state index in [0.29, 0.717) is 5.92 Å². The van der Waals surface area contributed by atoms with E-state index in [2.05, 4.69) is 61.1 Å². The van der Waals surface area contributed by atoms with Crippen LogP contribution >= 0.6 is 15.9 Å². The number of furan rings is 1. The molecule has 0 radical (unpaired) electrons. The minimum atomic E-state index is 0.461. The van der Waals surface area contributed by atoms with Gasteiger partial charge in [-0.15, -0.1) is 0 Å². The zero-order chi connectivity index (χ0) is 13.3. The maximum absolute atomic E-state index is 6.06. The molecular weight excluding hydrogens is 290 g/mol. The van der Waals surface area contributed by atoms with Gasteiger partial charge in [-0.3, -0.25) is 0 Å². The Morgan fingerprint density at radius 3 is 2.67 bits per heavy atom. The zero-order valence-corrected chi connectivity index (χ0v) is 13.0. The predicted molar refractivity (Wildman–Crippen MR) is 80.1 cm³/mol. The van der Waals surface area contributed by atoms with Gasteiger partial charge in [-0.2, -0.15) is 0 Å². The molecule has 0 saturated carbocycles. The van der Waals surface area contributed by atoms with Gasteiger partial charge in [0.05, 0.1) is 6.54 Å². The van der Waals surface area contributed by atoms with E-state index in [1.54, 1.807) is 0 Å². The Labute approximate surface area is 117 Å². The van der Waals surface area contributed by atoms with Crippen LogP contribution in [0.2, 0.25) is 0 Å². The topological polar surface area (TPSA) is 25.2 Å². The molecule has 2 rings (SSSR count). The summed E-state index contributed by atoms with van der Waals surface area (Å²) in [4.78, 5) is 0. The van der Waals surface area contributed by atoms with Crippen molar-refractivity contribution in [2.45, 2.75) is 40.2 Å². The molecular formula is C15H20BrNO. The molecule has 98 valence electrons. The summed E-state index contributed by atoms with van der Waals surface area (Å²) >= 11 is 3.59. The van der Waals surface area contributed by atoms with Gasteiger partial charge in [0.25, 0.3) is 0 Å². The smallest absolute Gasteiger partial charge is 0.138 e. The molecule has 0 fully saturated rings. The van der Waals surface area contributed by atoms with Gasteiger partial charge in [-0.1, -0.05) is 36.7 Å². The normalized spacial score (nSPS) is 11.7. The molecule has 1 aromatic heterocycles. The molecule has 2 aromatic rings. The molecule has 0 unspecified atom stereocenters. The first kappa shape index (κ1) is 13.6. The van der Waals surface area contributed by atoms with Gasteiger partial charge in [0.2, 0.25) is 0 Å². The molecule has 3 heteroatoms. The van der Waals surface area contributed by atoms with Crippen LogP contribution in [0.1, 0.15) is 43.6 Å². The molecule has 1 heterocycles. The van der Waals surface area contributed by atoms with Crippen LogP contribution in [0.3, 0.4) is 0 Å². The highest BCUT2D eigenvalue weighted by Gasteiger charge is 2.15. The SMILES string of the molecule is CCNCc1oc2c(C(C)C)cc(Br)cc2c1C. The first-order chi connectivity index (χ1) is 8.54. The minimum absolute atomic E-state index is 0.461. The van der Waals surface area contributed by atoms with Crippen molar-refractivity contribution >= 4 is 26.9 Å². The third-order valence-electron chi connectivity index (χ3n) is 3.29. The van der Waals surface area contributed by atoms with Crippen LogP contribution in [0.25, 0.3) is 11.0 Å². The summed E-state index contributed by atoms with van der Waals surface area (Å²) in [7, 11) is 0. The fourth-order valence-electron chi connectivity index (χ4n) is 2.19. The number of rotatable bonds is 4. The molecule has 0 saturated heterocycles. The Morgan fingerprint density at radius 2 is 2.06 bits per heavy atom. The van der Waals surface area contributed by atoms with E-state index in [1.807, 2.05) is 0 Å². The average molecular weight is 310 g/mol. The van der Waals surface area contributed by atoms with Crippen LogP contribution in [0, 0.1) is 6.92 Å². The van der Waals surface area contributed by atoms with Crippen molar-refractivity contribution in [2.24, 2.45) is 0 Å². The molecule has 0 aliphatic heterocycles. The first-order valence-corrected chi connectivity index (χ1v) is 7.26. The van der Waals surface area contributed by atoms with Gasteiger partial charge in [-0.05, 0) is 42.6 Å². The fourth-order valence-corrected chi connectivity index (χ4v) is 2.67. The van der Waals surface area contributed by atoms with Crippen LogP contribution in [-0.4, -0.2) is 6.54 Å². The third-order valence-corrected chi connectivity index (χ3v) is 3.75. The van der Waals surface area contributed by atoms with Crippen LogP contribution in [0.4, 0.5) is 0 Å². The Morgan fingerprint density at radius 1 is 1.33 bits per heavy atom. The summed E-state index contributed by atoms with van der Waals surface area (Å²) in [5.74, 6) is 1.51. The van der Waals surface area contributed by atoms with Gasteiger partial charge in [0, 0.05) is 9.86 Å². The summed E-state index contributed by atoms with van der Waals surface area (Å²) in [5.41, 5.74) is 3.55. The molecule has 0 aliphatic rings. The van der Waals surface area contributed by atoms with Crippen molar-refractivity contribution < 1.29 is 4.42 Å².